The smallest absolute Gasteiger partial charge is 0.253 e. The van der Waals surface area contributed by atoms with Gasteiger partial charge in [-0.1, -0.05) is 71.9 Å². The van der Waals surface area contributed by atoms with Crippen molar-refractivity contribution in [1.29, 1.82) is 0 Å². The summed E-state index contributed by atoms with van der Waals surface area (Å²) in [7, 11) is 0. The van der Waals surface area contributed by atoms with Gasteiger partial charge in [0.05, 0.1) is 12.5 Å². The molecule has 0 aliphatic carbocycles. The molecule has 2 heterocycles. The van der Waals surface area contributed by atoms with Gasteiger partial charge in [0.1, 0.15) is 0 Å². The Morgan fingerprint density at radius 1 is 1.00 bits per heavy atom. The summed E-state index contributed by atoms with van der Waals surface area (Å²) in [5.41, 5.74) is 5.84. The first kappa shape index (κ1) is 21.1. The maximum atomic E-state index is 13.2. The summed E-state index contributed by atoms with van der Waals surface area (Å²) in [6.07, 6.45) is 2.16. The van der Waals surface area contributed by atoms with Crippen molar-refractivity contribution >= 4 is 23.4 Å². The predicted molar refractivity (Wildman–Crippen MR) is 123 cm³/mol. The standard InChI is InChI=1S/C24H25N5OS/c1-15-10-12-19(13-11-15)22(18-8-6-5-7-9-18)26-21(30)14-20-16(2)25-23-27-24(31-4)28-29(23)17(20)3/h5-13,22H,14H2,1-4H3,(H,26,30). The number of hydrogen-bond donors (Lipinski definition) is 1. The van der Waals surface area contributed by atoms with Crippen LogP contribution in [0, 0.1) is 20.8 Å². The van der Waals surface area contributed by atoms with Gasteiger partial charge in [0.2, 0.25) is 11.1 Å². The van der Waals surface area contributed by atoms with Gasteiger partial charge in [0.25, 0.3) is 5.78 Å². The van der Waals surface area contributed by atoms with Crippen molar-refractivity contribution in [3.8, 4) is 0 Å². The molecule has 1 atom stereocenters. The molecule has 2 aromatic heterocycles. The SMILES string of the molecule is CSc1nc2nc(C)c(CC(=O)NC(c3ccccc3)c3ccc(C)cc3)c(C)n2n1. The first-order valence-electron chi connectivity index (χ1n) is 10.1. The highest BCUT2D eigenvalue weighted by Gasteiger charge is 2.20. The van der Waals surface area contributed by atoms with Crippen molar-refractivity contribution in [2.45, 2.75) is 38.4 Å². The average Bonchev–Trinajstić information content (AvgIpc) is 3.19. The molecule has 6 nitrogen and oxygen atoms in total. The fraction of sp³-hybridized carbons (Fsp3) is 0.250. The molecule has 31 heavy (non-hydrogen) atoms. The minimum atomic E-state index is -0.221. The Morgan fingerprint density at radius 3 is 2.35 bits per heavy atom. The summed E-state index contributed by atoms with van der Waals surface area (Å²) in [5, 5.41) is 8.37. The van der Waals surface area contributed by atoms with E-state index in [1.807, 2.05) is 50.4 Å². The van der Waals surface area contributed by atoms with Crippen molar-refractivity contribution in [2.75, 3.05) is 6.26 Å². The van der Waals surface area contributed by atoms with Crippen molar-refractivity contribution in [3.05, 3.63) is 88.2 Å². The first-order valence-corrected chi connectivity index (χ1v) is 11.4. The van der Waals surface area contributed by atoms with Gasteiger partial charge in [-0.25, -0.2) is 9.50 Å². The van der Waals surface area contributed by atoms with Gasteiger partial charge in [0, 0.05) is 17.0 Å². The van der Waals surface area contributed by atoms with E-state index in [1.54, 1.807) is 4.52 Å². The topological polar surface area (TPSA) is 72.2 Å². The van der Waals surface area contributed by atoms with E-state index in [4.69, 9.17) is 0 Å². The molecular weight excluding hydrogens is 406 g/mol. The van der Waals surface area contributed by atoms with E-state index in [9.17, 15) is 4.79 Å². The lowest BCUT2D eigenvalue weighted by molar-refractivity contribution is -0.121. The van der Waals surface area contributed by atoms with Gasteiger partial charge >= 0.3 is 0 Å². The monoisotopic (exact) mass is 431 g/mol. The largest absolute Gasteiger partial charge is 0.345 e. The van der Waals surface area contributed by atoms with Crippen LogP contribution in [0.4, 0.5) is 0 Å². The molecule has 0 bridgehead atoms. The molecule has 2 aromatic carbocycles. The number of carbonyl (C=O) groups excluding carboxylic acids is 1. The molecule has 1 amide bonds. The molecule has 4 rings (SSSR count). The molecule has 0 fully saturated rings. The van der Waals surface area contributed by atoms with Gasteiger partial charge in [0.15, 0.2) is 0 Å². The van der Waals surface area contributed by atoms with E-state index >= 15 is 0 Å². The zero-order chi connectivity index (χ0) is 22.0. The number of carbonyl (C=O) groups is 1. The molecule has 158 valence electrons. The lowest BCUT2D eigenvalue weighted by atomic mass is 9.97. The van der Waals surface area contributed by atoms with Gasteiger partial charge in [-0.05, 0) is 38.2 Å². The number of rotatable bonds is 6. The lowest BCUT2D eigenvalue weighted by Gasteiger charge is -2.21. The number of fused-ring (bicyclic) bond motifs is 1. The zero-order valence-corrected chi connectivity index (χ0v) is 18.9. The molecule has 7 heteroatoms. The van der Waals surface area contributed by atoms with Crippen LogP contribution in [0.1, 0.15) is 39.7 Å². The van der Waals surface area contributed by atoms with Gasteiger partial charge in [-0.2, -0.15) is 4.98 Å². The van der Waals surface area contributed by atoms with Crippen molar-refractivity contribution in [3.63, 3.8) is 0 Å². The van der Waals surface area contributed by atoms with Crippen LogP contribution >= 0.6 is 11.8 Å². The molecule has 0 spiro atoms. The highest BCUT2D eigenvalue weighted by Crippen LogP contribution is 2.23. The Labute approximate surface area is 186 Å². The van der Waals surface area contributed by atoms with Gasteiger partial charge < -0.3 is 5.32 Å². The fourth-order valence-corrected chi connectivity index (χ4v) is 4.00. The number of nitrogens with zero attached hydrogens (tertiary/aromatic N) is 4. The second-order valence-corrected chi connectivity index (χ2v) is 8.34. The number of amides is 1. The highest BCUT2D eigenvalue weighted by atomic mass is 32.2. The second kappa shape index (κ2) is 8.89. The molecule has 0 saturated heterocycles. The van der Waals surface area contributed by atoms with Crippen LogP contribution in [0.3, 0.4) is 0 Å². The Kier molecular flexibility index (Phi) is 6.04. The summed E-state index contributed by atoms with van der Waals surface area (Å²) in [6, 6.07) is 18.1. The molecule has 1 unspecified atom stereocenters. The maximum Gasteiger partial charge on any atom is 0.253 e. The maximum absolute atomic E-state index is 13.2. The normalized spacial score (nSPS) is 12.1. The summed E-state index contributed by atoms with van der Waals surface area (Å²) in [4.78, 5) is 22.1. The van der Waals surface area contributed by atoms with Crippen LogP contribution in [0.15, 0.2) is 59.8 Å². The van der Waals surface area contributed by atoms with E-state index in [0.717, 1.165) is 28.1 Å². The number of aryl methyl sites for hydroxylation is 3. The summed E-state index contributed by atoms with van der Waals surface area (Å²) >= 11 is 1.47. The highest BCUT2D eigenvalue weighted by molar-refractivity contribution is 7.98. The van der Waals surface area contributed by atoms with Crippen molar-refractivity contribution in [1.82, 2.24) is 24.9 Å². The third-order valence-electron chi connectivity index (χ3n) is 5.40. The van der Waals surface area contributed by atoms with E-state index in [1.165, 1.54) is 17.3 Å². The number of benzene rings is 2. The Hall–Kier alpha value is -3.19. The molecule has 0 radical (unpaired) electrons. The van der Waals surface area contributed by atoms with Crippen LogP contribution in [0.5, 0.6) is 0 Å². The lowest BCUT2D eigenvalue weighted by Crippen LogP contribution is -2.31. The Morgan fingerprint density at radius 2 is 1.68 bits per heavy atom. The van der Waals surface area contributed by atoms with E-state index < -0.39 is 0 Å². The molecular formula is C24H25N5OS. The van der Waals surface area contributed by atoms with Crippen LogP contribution in [-0.4, -0.2) is 31.7 Å². The average molecular weight is 432 g/mol. The molecule has 0 aliphatic heterocycles. The molecule has 1 N–H and O–H groups in total. The van der Waals surface area contributed by atoms with Gasteiger partial charge in [-0.15, -0.1) is 5.10 Å². The third-order valence-corrected chi connectivity index (χ3v) is 5.94. The summed E-state index contributed by atoms with van der Waals surface area (Å²) in [6.45, 7) is 5.93. The third kappa shape index (κ3) is 4.46. The summed E-state index contributed by atoms with van der Waals surface area (Å²) in [5.74, 6) is 0.498. The zero-order valence-electron chi connectivity index (χ0n) is 18.1. The number of hydrogen-bond acceptors (Lipinski definition) is 5. The minimum absolute atomic E-state index is 0.0630. The fourth-order valence-electron chi connectivity index (χ4n) is 3.67. The minimum Gasteiger partial charge on any atom is -0.345 e. The second-order valence-electron chi connectivity index (χ2n) is 7.57. The molecule has 0 aliphatic rings. The number of aromatic nitrogens is 4. The summed E-state index contributed by atoms with van der Waals surface area (Å²) < 4.78 is 1.72. The number of nitrogens with one attached hydrogen (secondary N) is 1. The van der Waals surface area contributed by atoms with Crippen LogP contribution in [0.2, 0.25) is 0 Å². The molecule has 0 saturated carbocycles. The Balaban J connectivity index is 1.63. The van der Waals surface area contributed by atoms with Crippen molar-refractivity contribution < 1.29 is 4.79 Å². The van der Waals surface area contributed by atoms with Gasteiger partial charge in [-0.3, -0.25) is 4.79 Å². The quantitative estimate of drug-likeness (QED) is 0.463. The van der Waals surface area contributed by atoms with E-state index in [-0.39, 0.29) is 18.4 Å². The van der Waals surface area contributed by atoms with Crippen LogP contribution in [-0.2, 0) is 11.2 Å². The Bertz CT molecular complexity index is 1220. The van der Waals surface area contributed by atoms with Crippen LogP contribution < -0.4 is 5.32 Å². The van der Waals surface area contributed by atoms with E-state index in [2.05, 4.69) is 51.6 Å². The molecule has 4 aromatic rings. The predicted octanol–water partition coefficient (Wildman–Crippen LogP) is 4.22. The van der Waals surface area contributed by atoms with Crippen molar-refractivity contribution in [2.24, 2.45) is 0 Å². The first-order chi connectivity index (χ1) is 15.0. The number of thioether (sulfide) groups is 1. The van der Waals surface area contributed by atoms with Crippen LogP contribution in [0.25, 0.3) is 5.78 Å². The van der Waals surface area contributed by atoms with E-state index in [0.29, 0.717) is 10.9 Å².